The molecule has 5 nitrogen and oxygen atoms in total. The average Bonchev–Trinajstić information content (AvgIpc) is 2.51. The first kappa shape index (κ1) is 15.8. The van der Waals surface area contributed by atoms with Gasteiger partial charge in [0.1, 0.15) is 0 Å². The van der Waals surface area contributed by atoms with Crippen molar-refractivity contribution in [2.45, 2.75) is 32.6 Å². The van der Waals surface area contributed by atoms with Crippen LogP contribution in [0.15, 0.2) is 24.3 Å². The highest BCUT2D eigenvalue weighted by Crippen LogP contribution is 2.31. The van der Waals surface area contributed by atoms with Gasteiger partial charge in [-0.1, -0.05) is 32.0 Å². The Balaban J connectivity index is 1.62. The van der Waals surface area contributed by atoms with Crippen molar-refractivity contribution in [2.75, 3.05) is 25.0 Å². The van der Waals surface area contributed by atoms with Gasteiger partial charge >= 0.3 is 6.03 Å². The largest absolute Gasteiger partial charge is 0.337 e. The Hall–Kier alpha value is -2.04. The maximum Gasteiger partial charge on any atom is 0.317 e. The van der Waals surface area contributed by atoms with E-state index in [1.165, 1.54) is 6.42 Å². The van der Waals surface area contributed by atoms with Gasteiger partial charge in [-0.05, 0) is 29.9 Å². The molecule has 0 radical (unpaired) electrons. The van der Waals surface area contributed by atoms with Crippen molar-refractivity contribution in [3.8, 4) is 0 Å². The summed E-state index contributed by atoms with van der Waals surface area (Å²) in [5.41, 5.74) is 1.97. The van der Waals surface area contributed by atoms with Crippen molar-refractivity contribution in [1.82, 2.24) is 10.2 Å². The van der Waals surface area contributed by atoms with Crippen LogP contribution < -0.4 is 10.6 Å². The predicted molar refractivity (Wildman–Crippen MR) is 90.3 cm³/mol. The average molecular weight is 315 g/mol. The van der Waals surface area contributed by atoms with Crippen LogP contribution in [-0.2, 0) is 4.79 Å². The molecule has 2 N–H and O–H groups in total. The van der Waals surface area contributed by atoms with Crippen LogP contribution >= 0.6 is 0 Å². The zero-order chi connectivity index (χ0) is 16.4. The highest BCUT2D eigenvalue weighted by Gasteiger charge is 2.28. The van der Waals surface area contributed by atoms with Crippen LogP contribution in [0, 0.1) is 11.8 Å². The number of para-hydroxylation sites is 1. The maximum atomic E-state index is 12.4. The van der Waals surface area contributed by atoms with Crippen LogP contribution in [-0.4, -0.2) is 36.5 Å². The van der Waals surface area contributed by atoms with Crippen molar-refractivity contribution < 1.29 is 9.59 Å². The summed E-state index contributed by atoms with van der Waals surface area (Å²) in [6, 6.07) is 7.81. The number of benzene rings is 1. The number of carbonyl (C=O) groups excluding carboxylic acids is 2. The number of rotatable bonds is 2. The van der Waals surface area contributed by atoms with Gasteiger partial charge < -0.3 is 15.5 Å². The molecule has 3 atom stereocenters. The van der Waals surface area contributed by atoms with Crippen molar-refractivity contribution in [2.24, 2.45) is 11.8 Å². The molecule has 0 bridgehead atoms. The van der Waals surface area contributed by atoms with E-state index < -0.39 is 0 Å². The normalized spacial score (nSPS) is 27.1. The molecule has 3 rings (SSSR count). The number of hydrogen-bond acceptors (Lipinski definition) is 2. The quantitative estimate of drug-likeness (QED) is 0.881. The van der Waals surface area contributed by atoms with Crippen LogP contribution in [0.1, 0.15) is 38.2 Å². The molecule has 1 aromatic rings. The number of hydrogen-bond donors (Lipinski definition) is 2. The van der Waals surface area contributed by atoms with Gasteiger partial charge in [-0.25, -0.2) is 4.79 Å². The van der Waals surface area contributed by atoms with Crippen molar-refractivity contribution in [1.29, 1.82) is 0 Å². The Bertz CT molecular complexity index is 592. The highest BCUT2D eigenvalue weighted by atomic mass is 16.2. The zero-order valence-electron chi connectivity index (χ0n) is 13.8. The lowest BCUT2D eigenvalue weighted by atomic mass is 9.90. The molecule has 23 heavy (non-hydrogen) atoms. The predicted octanol–water partition coefficient (Wildman–Crippen LogP) is 2.80. The van der Waals surface area contributed by atoms with Gasteiger partial charge in [0.05, 0.1) is 0 Å². The minimum atomic E-state index is -0.00753. The molecule has 0 saturated carbocycles. The summed E-state index contributed by atoms with van der Waals surface area (Å²) in [5.74, 6) is 1.16. The molecule has 3 amide bonds. The standard InChI is InChI=1S/C18H25N3O2/c1-12-7-13(2)11-21(10-12)18(23)19-9-14-8-17(22)20-16-6-4-3-5-15(14)16/h3-6,12-14H,7-11H2,1-2H3,(H,19,23)(H,20,22)/t12-,13-,14-/m1/s1. The zero-order valence-corrected chi connectivity index (χ0v) is 13.8. The highest BCUT2D eigenvalue weighted by molar-refractivity contribution is 5.94. The molecule has 0 unspecified atom stereocenters. The lowest BCUT2D eigenvalue weighted by Crippen LogP contribution is -2.48. The Kier molecular flexibility index (Phi) is 4.55. The third-order valence-electron chi connectivity index (χ3n) is 4.76. The molecule has 1 fully saturated rings. The molecule has 1 saturated heterocycles. The Morgan fingerprint density at radius 1 is 1.26 bits per heavy atom. The van der Waals surface area contributed by atoms with Crippen molar-refractivity contribution >= 4 is 17.6 Å². The number of nitrogens with zero attached hydrogens (tertiary/aromatic N) is 1. The smallest absolute Gasteiger partial charge is 0.317 e. The molecule has 0 aromatic heterocycles. The van der Waals surface area contributed by atoms with Crippen molar-refractivity contribution in [3.63, 3.8) is 0 Å². The molecule has 124 valence electrons. The minimum absolute atomic E-state index is 0.00753. The Labute approximate surface area is 137 Å². The van der Waals surface area contributed by atoms with E-state index in [1.807, 2.05) is 29.2 Å². The van der Waals surface area contributed by atoms with Gasteiger partial charge in [-0.15, -0.1) is 0 Å². The summed E-state index contributed by atoms with van der Waals surface area (Å²) in [7, 11) is 0. The fourth-order valence-corrected chi connectivity index (χ4v) is 3.84. The molecule has 1 aromatic carbocycles. The van der Waals surface area contributed by atoms with Gasteiger partial charge in [-0.3, -0.25) is 4.79 Å². The van der Waals surface area contributed by atoms with Gasteiger partial charge in [0.15, 0.2) is 0 Å². The molecule has 0 spiro atoms. The van der Waals surface area contributed by atoms with E-state index in [1.54, 1.807) is 0 Å². The lowest BCUT2D eigenvalue weighted by Gasteiger charge is -2.35. The van der Waals surface area contributed by atoms with Gasteiger partial charge in [0.2, 0.25) is 5.91 Å². The lowest BCUT2D eigenvalue weighted by molar-refractivity contribution is -0.116. The number of anilines is 1. The number of carbonyl (C=O) groups is 2. The topological polar surface area (TPSA) is 61.4 Å². The van der Waals surface area contributed by atoms with E-state index in [4.69, 9.17) is 0 Å². The third-order valence-corrected chi connectivity index (χ3v) is 4.76. The molecule has 2 aliphatic rings. The first-order valence-electron chi connectivity index (χ1n) is 8.44. The number of fused-ring (bicyclic) bond motifs is 1. The van der Waals surface area contributed by atoms with Crippen LogP contribution in [0.5, 0.6) is 0 Å². The number of urea groups is 1. The maximum absolute atomic E-state index is 12.4. The first-order valence-corrected chi connectivity index (χ1v) is 8.44. The monoisotopic (exact) mass is 315 g/mol. The molecule has 0 aliphatic carbocycles. The van der Waals surface area contributed by atoms with Gasteiger partial charge in [0.25, 0.3) is 0 Å². The van der Waals surface area contributed by atoms with E-state index in [0.717, 1.165) is 24.3 Å². The number of likely N-dealkylation sites (tertiary alicyclic amines) is 1. The summed E-state index contributed by atoms with van der Waals surface area (Å²) >= 11 is 0. The van der Waals surface area contributed by atoms with E-state index in [9.17, 15) is 9.59 Å². The molecule has 2 heterocycles. The summed E-state index contributed by atoms with van der Waals surface area (Å²) in [6.45, 7) is 6.52. The Morgan fingerprint density at radius 3 is 2.70 bits per heavy atom. The minimum Gasteiger partial charge on any atom is -0.337 e. The first-order chi connectivity index (χ1) is 11.0. The van der Waals surface area contributed by atoms with E-state index in [-0.39, 0.29) is 17.9 Å². The second-order valence-corrected chi connectivity index (χ2v) is 7.07. The van der Waals surface area contributed by atoms with Crippen LogP contribution in [0.4, 0.5) is 10.5 Å². The number of piperidine rings is 1. The fourth-order valence-electron chi connectivity index (χ4n) is 3.84. The third kappa shape index (κ3) is 3.66. The molecular weight excluding hydrogens is 290 g/mol. The number of amides is 3. The van der Waals surface area contributed by atoms with Gasteiger partial charge in [-0.2, -0.15) is 0 Å². The summed E-state index contributed by atoms with van der Waals surface area (Å²) in [6.07, 6.45) is 1.60. The van der Waals surface area contributed by atoms with Gasteiger partial charge in [0, 0.05) is 37.7 Å². The number of nitrogens with one attached hydrogen (secondary N) is 2. The molecular formula is C18H25N3O2. The van der Waals surface area contributed by atoms with E-state index >= 15 is 0 Å². The fraction of sp³-hybridized carbons (Fsp3) is 0.556. The second kappa shape index (κ2) is 6.60. The second-order valence-electron chi connectivity index (χ2n) is 7.07. The van der Waals surface area contributed by atoms with Crippen LogP contribution in [0.2, 0.25) is 0 Å². The SMILES string of the molecule is C[C@@H]1C[C@@H](C)CN(C(=O)NC[C@H]2CC(=O)Nc3ccccc32)C1. The van der Waals surface area contributed by atoms with E-state index in [0.29, 0.717) is 24.8 Å². The summed E-state index contributed by atoms with van der Waals surface area (Å²) in [5, 5.41) is 5.92. The summed E-state index contributed by atoms with van der Waals surface area (Å²) in [4.78, 5) is 26.2. The molecule has 2 aliphatic heterocycles. The summed E-state index contributed by atoms with van der Waals surface area (Å²) < 4.78 is 0. The molecule has 5 heteroatoms. The van der Waals surface area contributed by atoms with Crippen LogP contribution in [0.25, 0.3) is 0 Å². The van der Waals surface area contributed by atoms with Crippen LogP contribution in [0.3, 0.4) is 0 Å². The Morgan fingerprint density at radius 2 is 1.96 bits per heavy atom. The van der Waals surface area contributed by atoms with Crippen molar-refractivity contribution in [3.05, 3.63) is 29.8 Å². The van der Waals surface area contributed by atoms with E-state index in [2.05, 4.69) is 24.5 Å².